The molecule has 0 aromatic carbocycles. The molecule has 0 aliphatic heterocycles. The largest absolute Gasteiger partial charge is 0.252 e. The minimum atomic E-state index is 0.946. The highest BCUT2D eigenvalue weighted by atomic mass is 79.9. The maximum absolute atomic E-state index is 3.99. The van der Waals surface area contributed by atoms with Crippen LogP contribution in [0.4, 0.5) is 0 Å². The lowest BCUT2D eigenvalue weighted by Gasteiger charge is -1.96. The number of nitrogens with zero attached hydrogens (tertiary/aromatic N) is 3. The van der Waals surface area contributed by atoms with Crippen LogP contribution >= 0.6 is 27.3 Å². The van der Waals surface area contributed by atoms with Crippen LogP contribution in [0.3, 0.4) is 0 Å². The number of halogens is 1. The molecule has 3 nitrogen and oxygen atoms in total. The van der Waals surface area contributed by atoms with Crippen LogP contribution in [0.1, 0.15) is 0 Å². The van der Waals surface area contributed by atoms with E-state index in [1.165, 1.54) is 0 Å². The van der Waals surface area contributed by atoms with Gasteiger partial charge in [-0.25, -0.2) is 0 Å². The third-order valence-electron chi connectivity index (χ3n) is 1.38. The maximum Gasteiger partial charge on any atom is 0.0797 e. The van der Waals surface area contributed by atoms with Crippen molar-refractivity contribution in [3.05, 3.63) is 28.6 Å². The number of thiazole rings is 1. The van der Waals surface area contributed by atoms with E-state index in [1.807, 2.05) is 6.20 Å². The second kappa shape index (κ2) is 3.28. The zero-order valence-corrected chi connectivity index (χ0v) is 8.34. The highest BCUT2D eigenvalue weighted by molar-refractivity contribution is 9.10. The molecule has 5 heteroatoms. The number of rotatable bonds is 1. The molecule has 0 saturated carbocycles. The van der Waals surface area contributed by atoms with Crippen LogP contribution in [0, 0.1) is 0 Å². The van der Waals surface area contributed by atoms with Crippen molar-refractivity contribution < 1.29 is 0 Å². The van der Waals surface area contributed by atoms with Gasteiger partial charge in [-0.2, -0.15) is 10.2 Å². The van der Waals surface area contributed by atoms with E-state index < -0.39 is 0 Å². The molecule has 0 fully saturated rings. The Morgan fingerprint density at radius 3 is 2.67 bits per heavy atom. The molecule has 0 bridgehead atoms. The summed E-state index contributed by atoms with van der Waals surface area (Å²) in [5, 5.41) is 7.54. The summed E-state index contributed by atoms with van der Waals surface area (Å²) >= 11 is 4.98. The summed E-state index contributed by atoms with van der Waals surface area (Å²) in [5.74, 6) is 0. The van der Waals surface area contributed by atoms with Gasteiger partial charge in [0.25, 0.3) is 0 Å². The first-order valence-corrected chi connectivity index (χ1v) is 4.90. The van der Waals surface area contributed by atoms with Crippen LogP contribution in [0.15, 0.2) is 28.6 Å². The van der Waals surface area contributed by atoms with Gasteiger partial charge in [0.2, 0.25) is 0 Å². The summed E-state index contributed by atoms with van der Waals surface area (Å²) in [4.78, 5) is 5.08. The molecule has 0 N–H and O–H groups in total. The first-order valence-electron chi connectivity index (χ1n) is 3.23. The Hall–Kier alpha value is -0.810. The normalized spacial score (nSPS) is 10.1. The van der Waals surface area contributed by atoms with Crippen molar-refractivity contribution >= 4 is 27.3 Å². The van der Waals surface area contributed by atoms with Crippen LogP contribution in [0.5, 0.6) is 0 Å². The van der Waals surface area contributed by atoms with Gasteiger partial charge in [-0.15, -0.1) is 11.3 Å². The smallest absolute Gasteiger partial charge is 0.0797 e. The Morgan fingerprint density at radius 1 is 1.17 bits per heavy atom. The van der Waals surface area contributed by atoms with E-state index in [-0.39, 0.29) is 0 Å². The first-order chi connectivity index (χ1) is 5.88. The van der Waals surface area contributed by atoms with Crippen molar-refractivity contribution in [1.82, 2.24) is 15.2 Å². The van der Waals surface area contributed by atoms with Crippen LogP contribution in [-0.2, 0) is 0 Å². The fourth-order valence-corrected chi connectivity index (χ4v) is 2.02. The topological polar surface area (TPSA) is 38.7 Å². The molecule has 0 aliphatic rings. The Kier molecular flexibility index (Phi) is 2.14. The van der Waals surface area contributed by atoms with Gasteiger partial charge in [-0.1, -0.05) is 0 Å². The third-order valence-corrected chi connectivity index (χ3v) is 2.82. The van der Waals surface area contributed by atoms with Gasteiger partial charge in [0, 0.05) is 16.2 Å². The fraction of sp³-hybridized carbons (Fsp3) is 0. The van der Waals surface area contributed by atoms with Gasteiger partial charge in [0.05, 0.1) is 22.8 Å². The van der Waals surface area contributed by atoms with Crippen molar-refractivity contribution in [2.45, 2.75) is 0 Å². The molecule has 12 heavy (non-hydrogen) atoms. The number of hydrogen-bond acceptors (Lipinski definition) is 4. The monoisotopic (exact) mass is 241 g/mol. The average Bonchev–Trinajstić information content (AvgIpc) is 2.57. The summed E-state index contributed by atoms with van der Waals surface area (Å²) in [5.41, 5.74) is 2.83. The van der Waals surface area contributed by atoms with Crippen molar-refractivity contribution in [3.63, 3.8) is 0 Å². The molecule has 0 atom stereocenters. The predicted octanol–water partition coefficient (Wildman–Crippen LogP) is 2.36. The van der Waals surface area contributed by atoms with E-state index in [4.69, 9.17) is 0 Å². The maximum atomic E-state index is 3.99. The van der Waals surface area contributed by atoms with Crippen molar-refractivity contribution in [3.8, 4) is 10.4 Å². The lowest BCUT2D eigenvalue weighted by molar-refractivity contribution is 1.03. The SMILES string of the molecule is Brc1cnncc1-c1cncs1. The van der Waals surface area contributed by atoms with Gasteiger partial charge in [0.1, 0.15) is 0 Å². The van der Waals surface area contributed by atoms with E-state index >= 15 is 0 Å². The van der Waals surface area contributed by atoms with Gasteiger partial charge < -0.3 is 0 Å². The average molecular weight is 242 g/mol. The third kappa shape index (κ3) is 1.37. The lowest BCUT2D eigenvalue weighted by atomic mass is 10.3. The summed E-state index contributed by atoms with van der Waals surface area (Å²) in [6.07, 6.45) is 5.21. The highest BCUT2D eigenvalue weighted by Gasteiger charge is 2.03. The van der Waals surface area contributed by atoms with E-state index in [2.05, 4.69) is 31.1 Å². The first kappa shape index (κ1) is 7.82. The Balaban J connectivity index is 2.55. The van der Waals surface area contributed by atoms with Gasteiger partial charge in [-0.3, -0.25) is 4.98 Å². The van der Waals surface area contributed by atoms with Crippen LogP contribution < -0.4 is 0 Å². The highest BCUT2D eigenvalue weighted by Crippen LogP contribution is 2.28. The predicted molar refractivity (Wildman–Crippen MR) is 50.8 cm³/mol. The zero-order chi connectivity index (χ0) is 8.39. The summed E-state index contributed by atoms with van der Waals surface area (Å²) in [6.45, 7) is 0. The summed E-state index contributed by atoms with van der Waals surface area (Å²) < 4.78 is 0.946. The van der Waals surface area contributed by atoms with Crippen LogP contribution in [0.2, 0.25) is 0 Å². The van der Waals surface area contributed by atoms with Gasteiger partial charge >= 0.3 is 0 Å². The van der Waals surface area contributed by atoms with Crippen LogP contribution in [0.25, 0.3) is 10.4 Å². The molecular weight excluding hydrogens is 238 g/mol. The minimum Gasteiger partial charge on any atom is -0.252 e. The molecule has 0 unspecified atom stereocenters. The molecular formula is C7H4BrN3S. The molecule has 60 valence electrons. The van der Waals surface area contributed by atoms with Crippen molar-refractivity contribution in [2.75, 3.05) is 0 Å². The van der Waals surface area contributed by atoms with E-state index in [0.717, 1.165) is 14.9 Å². The lowest BCUT2D eigenvalue weighted by Crippen LogP contribution is -1.82. The van der Waals surface area contributed by atoms with Gasteiger partial charge in [-0.05, 0) is 15.9 Å². The van der Waals surface area contributed by atoms with E-state index in [1.54, 1.807) is 29.2 Å². The summed E-state index contributed by atoms with van der Waals surface area (Å²) in [7, 11) is 0. The molecule has 2 aromatic rings. The summed E-state index contributed by atoms with van der Waals surface area (Å²) in [6, 6.07) is 0. The zero-order valence-electron chi connectivity index (χ0n) is 5.94. The Morgan fingerprint density at radius 2 is 2.00 bits per heavy atom. The molecule has 2 heterocycles. The Bertz CT molecular complexity index is 374. The Labute approximate surface area is 81.6 Å². The van der Waals surface area contributed by atoms with E-state index in [9.17, 15) is 0 Å². The fourth-order valence-electron chi connectivity index (χ4n) is 0.836. The molecule has 0 radical (unpaired) electrons. The van der Waals surface area contributed by atoms with Crippen LogP contribution in [-0.4, -0.2) is 15.2 Å². The second-order valence-electron chi connectivity index (χ2n) is 2.12. The van der Waals surface area contributed by atoms with Crippen molar-refractivity contribution in [1.29, 1.82) is 0 Å². The molecule has 2 aromatic heterocycles. The second-order valence-corrected chi connectivity index (χ2v) is 3.86. The van der Waals surface area contributed by atoms with Crippen molar-refractivity contribution in [2.24, 2.45) is 0 Å². The minimum absolute atomic E-state index is 0.946. The molecule has 0 saturated heterocycles. The molecule has 0 amide bonds. The standard InChI is InChI=1S/C7H4BrN3S/c8-6-2-11-10-1-5(6)7-3-9-4-12-7/h1-4H. The quantitative estimate of drug-likeness (QED) is 0.770. The number of aromatic nitrogens is 3. The molecule has 2 rings (SSSR count). The number of hydrogen-bond donors (Lipinski definition) is 0. The van der Waals surface area contributed by atoms with Gasteiger partial charge in [0.15, 0.2) is 0 Å². The van der Waals surface area contributed by atoms with E-state index in [0.29, 0.717) is 0 Å². The molecule has 0 spiro atoms. The molecule has 0 aliphatic carbocycles.